The van der Waals surface area contributed by atoms with Gasteiger partial charge in [-0.05, 0) is 24.5 Å². The Labute approximate surface area is 176 Å². The smallest absolute Gasteiger partial charge is 0.244 e. The summed E-state index contributed by atoms with van der Waals surface area (Å²) in [5.41, 5.74) is 1.65. The first-order valence-electron chi connectivity index (χ1n) is 10.5. The number of rotatable bonds is 10. The van der Waals surface area contributed by atoms with Crippen LogP contribution in [0.3, 0.4) is 0 Å². The van der Waals surface area contributed by atoms with E-state index >= 15 is 0 Å². The third-order valence-electron chi connectivity index (χ3n) is 5.70. The van der Waals surface area contributed by atoms with Gasteiger partial charge in [-0.15, -0.1) is 0 Å². The summed E-state index contributed by atoms with van der Waals surface area (Å²) in [6.45, 7) is 0. The molecule has 1 aliphatic carbocycles. The molecule has 1 amide bonds. The zero-order valence-corrected chi connectivity index (χ0v) is 17.8. The Kier molecular flexibility index (Phi) is 7.98. The monoisotopic (exact) mass is 435 g/mol. The molecule has 0 radical (unpaired) electrons. The van der Waals surface area contributed by atoms with Crippen LogP contribution in [0.5, 0.6) is 0 Å². The summed E-state index contributed by atoms with van der Waals surface area (Å²) in [6.07, 6.45) is 9.05. The topological polar surface area (TPSA) is 122 Å². The number of sulfone groups is 1. The molecule has 3 rings (SSSR count). The van der Waals surface area contributed by atoms with E-state index in [0.717, 1.165) is 18.8 Å². The molecular weight excluding hydrogens is 406 g/mol. The Morgan fingerprint density at radius 2 is 1.93 bits per heavy atom. The summed E-state index contributed by atoms with van der Waals surface area (Å²) in [4.78, 5) is 16.2. The van der Waals surface area contributed by atoms with Crippen molar-refractivity contribution in [3.8, 4) is 0 Å². The number of hydrogen-bond donors (Lipinski definition) is 2. The van der Waals surface area contributed by atoms with Gasteiger partial charge in [-0.1, -0.05) is 68.3 Å². The average Bonchev–Trinajstić information content (AvgIpc) is 3.22. The largest absolute Gasteiger partial charge is 0.339 e. The Bertz CT molecular complexity index is 908. The van der Waals surface area contributed by atoms with Gasteiger partial charge >= 0.3 is 0 Å². The maximum Gasteiger partial charge on any atom is 0.244 e. The van der Waals surface area contributed by atoms with E-state index in [0.29, 0.717) is 6.42 Å². The van der Waals surface area contributed by atoms with Gasteiger partial charge in [0.05, 0.1) is 4.90 Å². The highest BCUT2D eigenvalue weighted by Crippen LogP contribution is 2.31. The van der Waals surface area contributed by atoms with E-state index in [4.69, 9.17) is 9.73 Å². The lowest BCUT2D eigenvalue weighted by molar-refractivity contribution is -0.129. The van der Waals surface area contributed by atoms with Gasteiger partial charge < -0.3 is 4.52 Å². The third-order valence-corrected chi connectivity index (χ3v) is 7.33. The first kappa shape index (κ1) is 22.4. The van der Waals surface area contributed by atoms with Crippen molar-refractivity contribution in [3.63, 3.8) is 0 Å². The second kappa shape index (κ2) is 10.7. The molecule has 0 saturated heterocycles. The van der Waals surface area contributed by atoms with E-state index in [9.17, 15) is 13.2 Å². The van der Waals surface area contributed by atoms with Gasteiger partial charge in [0.1, 0.15) is 5.75 Å². The van der Waals surface area contributed by atoms with E-state index in [-0.39, 0.29) is 34.7 Å². The molecule has 8 nitrogen and oxygen atoms in total. The van der Waals surface area contributed by atoms with Crippen molar-refractivity contribution in [2.75, 3.05) is 0 Å². The molecule has 1 aliphatic rings. The van der Waals surface area contributed by atoms with Crippen LogP contribution in [0.2, 0.25) is 0 Å². The highest BCUT2D eigenvalue weighted by molar-refractivity contribution is 7.90. The SMILES string of the molecule is O=C(CC(CCCC1CCCCC1)c1nc(CS(=O)(=O)c2ccccc2)no1)NO. The number of benzene rings is 1. The number of hydroxylamine groups is 1. The normalized spacial score (nSPS) is 16.3. The van der Waals surface area contributed by atoms with E-state index < -0.39 is 15.7 Å². The molecule has 0 bridgehead atoms. The maximum atomic E-state index is 12.5. The van der Waals surface area contributed by atoms with E-state index in [2.05, 4.69) is 10.1 Å². The molecule has 1 saturated carbocycles. The first-order valence-corrected chi connectivity index (χ1v) is 12.2. The molecular formula is C21H29N3O5S. The number of hydrogen-bond acceptors (Lipinski definition) is 7. The van der Waals surface area contributed by atoms with Crippen molar-refractivity contribution >= 4 is 15.7 Å². The minimum Gasteiger partial charge on any atom is -0.339 e. The van der Waals surface area contributed by atoms with Crippen molar-refractivity contribution < 1.29 is 22.9 Å². The predicted molar refractivity (Wildman–Crippen MR) is 109 cm³/mol. The van der Waals surface area contributed by atoms with Crippen LogP contribution < -0.4 is 5.48 Å². The van der Waals surface area contributed by atoms with Gasteiger partial charge in [-0.2, -0.15) is 4.98 Å². The van der Waals surface area contributed by atoms with Crippen molar-refractivity contribution in [2.45, 2.75) is 74.4 Å². The molecule has 1 aromatic carbocycles. The Morgan fingerprint density at radius 3 is 2.63 bits per heavy atom. The van der Waals surface area contributed by atoms with Crippen molar-refractivity contribution in [1.82, 2.24) is 15.6 Å². The standard InChI is InChI=1S/C21H29N3O5S/c25-20(23-26)14-17(11-7-10-16-8-3-1-4-9-16)21-22-19(24-29-21)15-30(27,28)18-12-5-2-6-13-18/h2,5-6,12-13,16-17,26H,1,3-4,7-11,14-15H2,(H,23,25). The van der Waals surface area contributed by atoms with Crippen molar-refractivity contribution in [1.29, 1.82) is 0 Å². The second-order valence-electron chi connectivity index (χ2n) is 7.99. The van der Waals surface area contributed by atoms with Crippen LogP contribution in [0, 0.1) is 5.92 Å². The average molecular weight is 436 g/mol. The lowest BCUT2D eigenvalue weighted by Gasteiger charge is -2.22. The Balaban J connectivity index is 1.64. The fraction of sp³-hybridized carbons (Fsp3) is 0.571. The van der Waals surface area contributed by atoms with Crippen LogP contribution in [-0.4, -0.2) is 29.7 Å². The summed E-state index contributed by atoms with van der Waals surface area (Å²) in [6, 6.07) is 8.11. The molecule has 164 valence electrons. The van der Waals surface area contributed by atoms with Gasteiger partial charge in [-0.25, -0.2) is 13.9 Å². The maximum absolute atomic E-state index is 12.5. The molecule has 9 heteroatoms. The number of carbonyl (C=O) groups is 1. The highest BCUT2D eigenvalue weighted by atomic mass is 32.2. The fourth-order valence-electron chi connectivity index (χ4n) is 4.08. The molecule has 2 N–H and O–H groups in total. The summed E-state index contributed by atoms with van der Waals surface area (Å²) in [5.74, 6) is -0.242. The minimum absolute atomic E-state index is 0.00817. The minimum atomic E-state index is -3.59. The van der Waals surface area contributed by atoms with Crippen molar-refractivity contribution in [2.24, 2.45) is 5.92 Å². The van der Waals surface area contributed by atoms with Crippen molar-refractivity contribution in [3.05, 3.63) is 42.0 Å². The van der Waals surface area contributed by atoms with Gasteiger partial charge in [0.2, 0.25) is 11.8 Å². The van der Waals surface area contributed by atoms with Crippen LogP contribution >= 0.6 is 0 Å². The lowest BCUT2D eigenvalue weighted by Crippen LogP contribution is -2.21. The van der Waals surface area contributed by atoms with Crippen LogP contribution in [-0.2, 0) is 20.4 Å². The lowest BCUT2D eigenvalue weighted by atomic mass is 9.84. The second-order valence-corrected chi connectivity index (χ2v) is 9.98. The van der Waals surface area contributed by atoms with Crippen LogP contribution in [0.25, 0.3) is 0 Å². The summed E-state index contributed by atoms with van der Waals surface area (Å²) < 4.78 is 30.4. The molecule has 0 spiro atoms. The quantitative estimate of drug-likeness (QED) is 0.430. The van der Waals surface area contributed by atoms with Crippen LogP contribution in [0.4, 0.5) is 0 Å². The number of nitrogens with one attached hydrogen (secondary N) is 1. The fourth-order valence-corrected chi connectivity index (χ4v) is 5.28. The number of amides is 1. The molecule has 1 aromatic heterocycles. The molecule has 1 atom stereocenters. The molecule has 1 heterocycles. The van der Waals surface area contributed by atoms with Crippen LogP contribution in [0.15, 0.2) is 39.8 Å². The number of aromatic nitrogens is 2. The highest BCUT2D eigenvalue weighted by Gasteiger charge is 2.25. The van der Waals surface area contributed by atoms with Crippen LogP contribution in [0.1, 0.15) is 75.4 Å². The van der Waals surface area contributed by atoms with E-state index in [1.807, 2.05) is 0 Å². The summed E-state index contributed by atoms with van der Waals surface area (Å²) in [5, 5.41) is 12.7. The Hall–Kier alpha value is -2.26. The number of carbonyl (C=O) groups excluding carboxylic acids is 1. The number of nitrogens with zero attached hydrogens (tertiary/aromatic N) is 2. The predicted octanol–water partition coefficient (Wildman–Crippen LogP) is 3.77. The van der Waals surface area contributed by atoms with E-state index in [1.54, 1.807) is 23.7 Å². The van der Waals surface area contributed by atoms with Gasteiger partial charge in [0.15, 0.2) is 15.7 Å². The molecule has 0 aliphatic heterocycles. The molecule has 1 fully saturated rings. The van der Waals surface area contributed by atoms with Gasteiger partial charge in [0, 0.05) is 12.3 Å². The zero-order valence-electron chi connectivity index (χ0n) is 17.0. The first-order chi connectivity index (χ1) is 14.5. The van der Waals surface area contributed by atoms with Gasteiger partial charge in [0.25, 0.3) is 0 Å². The summed E-state index contributed by atoms with van der Waals surface area (Å²) >= 11 is 0. The molecule has 1 unspecified atom stereocenters. The van der Waals surface area contributed by atoms with Gasteiger partial charge in [-0.3, -0.25) is 10.0 Å². The molecule has 30 heavy (non-hydrogen) atoms. The zero-order chi connectivity index (χ0) is 21.4. The molecule has 2 aromatic rings. The third kappa shape index (κ3) is 6.37. The van der Waals surface area contributed by atoms with E-state index in [1.165, 1.54) is 44.2 Å². The Morgan fingerprint density at radius 1 is 1.20 bits per heavy atom. The summed E-state index contributed by atoms with van der Waals surface area (Å²) in [7, 11) is -3.59.